The second-order valence-corrected chi connectivity index (χ2v) is 4.84. The lowest BCUT2D eigenvalue weighted by Gasteiger charge is -2.25. The third-order valence-corrected chi connectivity index (χ3v) is 4.10. The smallest absolute Gasteiger partial charge is 0.278 e. The summed E-state index contributed by atoms with van der Waals surface area (Å²) in [7, 11) is -4.23. The third-order valence-electron chi connectivity index (χ3n) is 2.48. The van der Waals surface area contributed by atoms with E-state index in [1.807, 2.05) is 0 Å². The maximum Gasteiger partial charge on any atom is 0.278 e. The van der Waals surface area contributed by atoms with Gasteiger partial charge in [-0.3, -0.25) is 9.54 Å². The van der Waals surface area contributed by atoms with Crippen molar-refractivity contribution in [2.24, 2.45) is 0 Å². The minimum atomic E-state index is -4.23. The van der Waals surface area contributed by atoms with Crippen LogP contribution in [0.2, 0.25) is 0 Å². The zero-order chi connectivity index (χ0) is 11.5. The topological polar surface area (TPSA) is 67.3 Å². The van der Waals surface area contributed by atoms with Crippen LogP contribution in [-0.2, 0) is 14.9 Å². The van der Waals surface area contributed by atoms with Gasteiger partial charge in [-0.05, 0) is 24.1 Å². The maximum atomic E-state index is 11.4. The number of hydrogen-bond donors (Lipinski definition) is 1. The Morgan fingerprint density at radius 1 is 1.53 bits per heavy atom. The molecule has 82 valence electrons. The lowest BCUT2D eigenvalue weighted by Crippen LogP contribution is -2.32. The zero-order valence-electron chi connectivity index (χ0n) is 8.42. The Morgan fingerprint density at radius 2 is 2.07 bits per heavy atom. The molecule has 1 N–H and O–H groups in total. The van der Waals surface area contributed by atoms with Crippen molar-refractivity contribution in [1.29, 1.82) is 0 Å². The molecular formula is C10H13NO3S. The van der Waals surface area contributed by atoms with Crippen molar-refractivity contribution >= 4 is 10.1 Å². The Kier molecular flexibility index (Phi) is 3.26. The lowest BCUT2D eigenvalue weighted by molar-refractivity contribution is 0.445. The van der Waals surface area contributed by atoms with Crippen molar-refractivity contribution in [2.75, 3.05) is 0 Å². The van der Waals surface area contributed by atoms with Crippen molar-refractivity contribution in [3.63, 3.8) is 0 Å². The second kappa shape index (κ2) is 4.12. The first kappa shape index (κ1) is 11.9. The number of pyridine rings is 1. The van der Waals surface area contributed by atoms with Crippen LogP contribution >= 0.6 is 0 Å². The highest BCUT2D eigenvalue weighted by Gasteiger charge is 2.40. The summed E-state index contributed by atoms with van der Waals surface area (Å²) in [6.07, 6.45) is 4.43. The average Bonchev–Trinajstić information content (AvgIpc) is 2.20. The Balaban J connectivity index is 3.44. The van der Waals surface area contributed by atoms with Gasteiger partial charge in [0.15, 0.2) is 0 Å². The molecule has 0 spiro atoms. The van der Waals surface area contributed by atoms with Gasteiger partial charge in [0.25, 0.3) is 10.1 Å². The van der Waals surface area contributed by atoms with E-state index >= 15 is 0 Å². The maximum absolute atomic E-state index is 11.4. The fourth-order valence-electron chi connectivity index (χ4n) is 1.54. The molecule has 0 fully saturated rings. The first-order valence-corrected chi connectivity index (χ1v) is 5.93. The third kappa shape index (κ3) is 1.93. The van der Waals surface area contributed by atoms with E-state index in [-0.39, 0.29) is 6.42 Å². The van der Waals surface area contributed by atoms with E-state index in [1.165, 1.54) is 18.5 Å². The number of hydrogen-bond acceptors (Lipinski definition) is 3. The first-order chi connectivity index (χ1) is 6.98. The van der Waals surface area contributed by atoms with Crippen LogP contribution in [0.15, 0.2) is 37.2 Å². The van der Waals surface area contributed by atoms with Crippen LogP contribution in [-0.4, -0.2) is 18.0 Å². The zero-order valence-corrected chi connectivity index (χ0v) is 9.24. The van der Waals surface area contributed by atoms with Gasteiger partial charge < -0.3 is 0 Å². The van der Waals surface area contributed by atoms with Gasteiger partial charge in [-0.25, -0.2) is 0 Å². The molecule has 0 saturated heterocycles. The SMILES string of the molecule is C=CC(CC)(c1ccncc1)S(=O)(=O)O. The molecule has 5 heteroatoms. The summed E-state index contributed by atoms with van der Waals surface area (Å²) in [6.45, 7) is 5.16. The molecule has 1 atom stereocenters. The summed E-state index contributed by atoms with van der Waals surface area (Å²) in [6, 6.07) is 3.11. The van der Waals surface area contributed by atoms with Crippen molar-refractivity contribution in [3.8, 4) is 0 Å². The van der Waals surface area contributed by atoms with Crippen LogP contribution in [0.25, 0.3) is 0 Å². The van der Waals surface area contributed by atoms with E-state index in [0.717, 1.165) is 0 Å². The van der Waals surface area contributed by atoms with Crippen LogP contribution in [0.4, 0.5) is 0 Å². The van der Waals surface area contributed by atoms with Gasteiger partial charge in [-0.1, -0.05) is 13.0 Å². The second-order valence-electron chi connectivity index (χ2n) is 3.16. The highest BCUT2D eigenvalue weighted by atomic mass is 32.2. The van der Waals surface area contributed by atoms with Crippen molar-refractivity contribution in [2.45, 2.75) is 18.1 Å². The Hall–Kier alpha value is -1.20. The van der Waals surface area contributed by atoms with Gasteiger partial charge in [-0.2, -0.15) is 8.42 Å². The van der Waals surface area contributed by atoms with Crippen LogP contribution in [0.3, 0.4) is 0 Å². The number of rotatable bonds is 4. The Morgan fingerprint density at radius 3 is 2.40 bits per heavy atom. The summed E-state index contributed by atoms with van der Waals surface area (Å²) in [5.41, 5.74) is 0.470. The van der Waals surface area contributed by atoms with Crippen molar-refractivity contribution in [1.82, 2.24) is 4.98 Å². The van der Waals surface area contributed by atoms with E-state index in [2.05, 4.69) is 11.6 Å². The minimum Gasteiger partial charge on any atom is -0.285 e. The lowest BCUT2D eigenvalue weighted by atomic mass is 9.97. The Labute approximate surface area is 89.4 Å². The molecule has 1 heterocycles. The standard InChI is InChI=1S/C10H13NO3S/c1-3-10(4-2,15(12,13)14)9-5-7-11-8-6-9/h3,5-8H,1,4H2,2H3,(H,12,13,14). The average molecular weight is 227 g/mol. The van der Waals surface area contributed by atoms with Gasteiger partial charge in [0.05, 0.1) is 0 Å². The molecule has 0 radical (unpaired) electrons. The molecule has 0 aliphatic heterocycles. The fourth-order valence-corrected chi connectivity index (χ4v) is 2.55. The summed E-state index contributed by atoms with van der Waals surface area (Å²) in [5, 5.41) is 0. The first-order valence-electron chi connectivity index (χ1n) is 4.49. The van der Waals surface area contributed by atoms with Gasteiger partial charge in [0.2, 0.25) is 0 Å². The molecule has 0 bridgehead atoms. The molecule has 1 unspecified atom stereocenters. The summed E-state index contributed by atoms with van der Waals surface area (Å²) in [5.74, 6) is 0. The Bertz CT molecular complexity index is 441. The molecule has 4 nitrogen and oxygen atoms in total. The quantitative estimate of drug-likeness (QED) is 0.628. The predicted octanol–water partition coefficient (Wildman–Crippen LogP) is 1.76. The van der Waals surface area contributed by atoms with Crippen molar-refractivity contribution < 1.29 is 13.0 Å². The molecule has 1 rings (SSSR count). The highest BCUT2D eigenvalue weighted by Crippen LogP contribution is 2.33. The molecule has 0 aromatic carbocycles. The van der Waals surface area contributed by atoms with E-state index in [0.29, 0.717) is 5.56 Å². The van der Waals surface area contributed by atoms with Crippen molar-refractivity contribution in [3.05, 3.63) is 42.7 Å². The predicted molar refractivity (Wildman–Crippen MR) is 58.0 cm³/mol. The van der Waals surface area contributed by atoms with Gasteiger partial charge in [-0.15, -0.1) is 6.58 Å². The number of nitrogens with zero attached hydrogens (tertiary/aromatic N) is 1. The monoisotopic (exact) mass is 227 g/mol. The van der Waals surface area contributed by atoms with E-state index in [1.54, 1.807) is 19.1 Å². The minimum absolute atomic E-state index is 0.222. The molecule has 0 aliphatic rings. The summed E-state index contributed by atoms with van der Waals surface area (Å²) >= 11 is 0. The van der Waals surface area contributed by atoms with Crippen LogP contribution in [0.5, 0.6) is 0 Å². The summed E-state index contributed by atoms with van der Waals surface area (Å²) in [4.78, 5) is 3.80. The number of aromatic nitrogens is 1. The van der Waals surface area contributed by atoms with E-state index in [4.69, 9.17) is 0 Å². The molecule has 1 aromatic heterocycles. The molecule has 0 saturated carbocycles. The summed E-state index contributed by atoms with van der Waals surface area (Å²) < 4.78 is 30.6. The molecule has 15 heavy (non-hydrogen) atoms. The van der Waals surface area contributed by atoms with Gasteiger partial charge in [0.1, 0.15) is 4.75 Å². The largest absolute Gasteiger partial charge is 0.285 e. The van der Waals surface area contributed by atoms with Crippen LogP contribution in [0.1, 0.15) is 18.9 Å². The van der Waals surface area contributed by atoms with E-state index in [9.17, 15) is 13.0 Å². The molecule has 0 aliphatic carbocycles. The van der Waals surface area contributed by atoms with Crippen LogP contribution < -0.4 is 0 Å². The molecule has 0 amide bonds. The molecular weight excluding hydrogens is 214 g/mol. The van der Waals surface area contributed by atoms with E-state index < -0.39 is 14.9 Å². The van der Waals surface area contributed by atoms with Gasteiger partial charge in [0, 0.05) is 12.4 Å². The normalized spacial score (nSPS) is 15.6. The van der Waals surface area contributed by atoms with Crippen LogP contribution in [0, 0.1) is 0 Å². The van der Waals surface area contributed by atoms with Gasteiger partial charge >= 0.3 is 0 Å². The fraction of sp³-hybridized carbons (Fsp3) is 0.300. The highest BCUT2D eigenvalue weighted by molar-refractivity contribution is 7.87. The molecule has 1 aromatic rings.